The lowest BCUT2D eigenvalue weighted by molar-refractivity contribution is -0.120. The van der Waals surface area contributed by atoms with Gasteiger partial charge in [0.1, 0.15) is 0 Å². The van der Waals surface area contributed by atoms with Gasteiger partial charge in [0.2, 0.25) is 15.9 Å². The first-order valence-electron chi connectivity index (χ1n) is 6.07. The number of nitrogens with one attached hydrogen (secondary N) is 1. The average Bonchev–Trinajstić information content (AvgIpc) is 2.57. The fraction of sp³-hybridized carbons (Fsp3) is 0.417. The number of nitrogen functional groups attached to an aromatic ring is 1. The number of hydrogen-bond acceptors (Lipinski definition) is 4. The molecule has 0 spiro atoms. The van der Waals surface area contributed by atoms with Gasteiger partial charge in [0.15, 0.2) is 0 Å². The lowest BCUT2D eigenvalue weighted by Crippen LogP contribution is -2.35. The van der Waals surface area contributed by atoms with E-state index in [4.69, 9.17) is 5.73 Å². The van der Waals surface area contributed by atoms with Gasteiger partial charge in [0.05, 0.1) is 5.75 Å². The van der Waals surface area contributed by atoms with E-state index in [1.807, 2.05) is 0 Å². The molecule has 3 N–H and O–H groups in total. The van der Waals surface area contributed by atoms with E-state index in [-0.39, 0.29) is 24.6 Å². The third-order valence-electron chi connectivity index (χ3n) is 3.06. The maximum Gasteiger partial charge on any atom is 0.221 e. The van der Waals surface area contributed by atoms with Crippen LogP contribution in [0.25, 0.3) is 0 Å². The van der Waals surface area contributed by atoms with Crippen LogP contribution in [0, 0.1) is 0 Å². The van der Waals surface area contributed by atoms with Crippen LogP contribution in [0.2, 0.25) is 0 Å². The quantitative estimate of drug-likeness (QED) is 0.759. The second kappa shape index (κ2) is 5.58. The summed E-state index contributed by atoms with van der Waals surface area (Å²) in [7, 11) is -3.44. The number of nitrogens with zero attached hydrogens (tertiary/aromatic N) is 1. The van der Waals surface area contributed by atoms with Gasteiger partial charge in [0, 0.05) is 31.7 Å². The van der Waals surface area contributed by atoms with Crippen LogP contribution >= 0.6 is 0 Å². The lowest BCUT2D eigenvalue weighted by atomic mass is 10.2. The zero-order valence-electron chi connectivity index (χ0n) is 10.5. The molecule has 0 radical (unpaired) electrons. The summed E-state index contributed by atoms with van der Waals surface area (Å²) >= 11 is 0. The van der Waals surface area contributed by atoms with E-state index in [0.717, 1.165) is 0 Å². The number of carbonyl (C=O) groups excluding carboxylic acids is 1. The number of amides is 1. The average molecular weight is 283 g/mol. The highest BCUT2D eigenvalue weighted by molar-refractivity contribution is 7.88. The summed E-state index contributed by atoms with van der Waals surface area (Å²) in [5.41, 5.74) is 6.82. The normalized spacial score (nSPS) is 17.8. The van der Waals surface area contributed by atoms with Crippen LogP contribution in [0.4, 0.5) is 5.69 Å². The highest BCUT2D eigenvalue weighted by Crippen LogP contribution is 2.17. The second-order valence-corrected chi connectivity index (χ2v) is 6.42. The Bertz CT molecular complexity index is 571. The Labute approximate surface area is 112 Å². The predicted octanol–water partition coefficient (Wildman–Crippen LogP) is -0.0795. The van der Waals surface area contributed by atoms with Crippen molar-refractivity contribution in [2.75, 3.05) is 25.4 Å². The Morgan fingerprint density at radius 3 is 2.74 bits per heavy atom. The monoisotopic (exact) mass is 283 g/mol. The van der Waals surface area contributed by atoms with E-state index in [2.05, 4.69) is 5.32 Å². The van der Waals surface area contributed by atoms with Crippen LogP contribution in [0.3, 0.4) is 0 Å². The minimum atomic E-state index is -3.44. The van der Waals surface area contributed by atoms with E-state index in [9.17, 15) is 13.2 Å². The van der Waals surface area contributed by atoms with Crippen LogP contribution < -0.4 is 11.1 Å². The van der Waals surface area contributed by atoms with Crippen LogP contribution in [-0.2, 0) is 20.6 Å². The fourth-order valence-corrected chi connectivity index (χ4v) is 3.56. The van der Waals surface area contributed by atoms with Gasteiger partial charge in [-0.05, 0) is 11.6 Å². The third-order valence-corrected chi connectivity index (χ3v) is 4.89. The molecule has 7 heteroatoms. The summed E-state index contributed by atoms with van der Waals surface area (Å²) in [6.45, 7) is 0.879. The van der Waals surface area contributed by atoms with E-state index in [1.165, 1.54) is 4.31 Å². The molecule has 1 aliphatic rings. The van der Waals surface area contributed by atoms with Crippen molar-refractivity contribution in [2.24, 2.45) is 0 Å². The van der Waals surface area contributed by atoms with Gasteiger partial charge in [-0.25, -0.2) is 8.42 Å². The largest absolute Gasteiger partial charge is 0.398 e. The number of nitrogens with two attached hydrogens (primary N) is 1. The Kier molecular flexibility index (Phi) is 4.06. The van der Waals surface area contributed by atoms with Gasteiger partial charge in [-0.3, -0.25) is 4.79 Å². The molecule has 19 heavy (non-hydrogen) atoms. The number of para-hydroxylation sites is 1. The van der Waals surface area contributed by atoms with Gasteiger partial charge < -0.3 is 11.1 Å². The van der Waals surface area contributed by atoms with Crippen LogP contribution in [0.1, 0.15) is 12.0 Å². The van der Waals surface area contributed by atoms with Crippen molar-refractivity contribution in [3.63, 3.8) is 0 Å². The predicted molar refractivity (Wildman–Crippen MR) is 72.7 cm³/mol. The third kappa shape index (κ3) is 3.45. The van der Waals surface area contributed by atoms with Gasteiger partial charge in [-0.2, -0.15) is 4.31 Å². The summed E-state index contributed by atoms with van der Waals surface area (Å²) in [6, 6.07) is 6.90. The minimum Gasteiger partial charge on any atom is -0.398 e. The number of benzene rings is 1. The first kappa shape index (κ1) is 13.8. The fourth-order valence-electron chi connectivity index (χ4n) is 1.98. The van der Waals surface area contributed by atoms with Gasteiger partial charge in [0.25, 0.3) is 0 Å². The molecule has 0 aliphatic carbocycles. The molecule has 1 aromatic carbocycles. The van der Waals surface area contributed by atoms with Gasteiger partial charge in [-0.15, -0.1) is 0 Å². The highest BCUT2D eigenvalue weighted by atomic mass is 32.2. The Hall–Kier alpha value is -1.60. The topological polar surface area (TPSA) is 92.5 Å². The molecule has 2 rings (SSSR count). The number of carbonyl (C=O) groups is 1. The molecule has 1 heterocycles. The van der Waals surface area contributed by atoms with E-state index in [0.29, 0.717) is 24.3 Å². The second-order valence-electron chi connectivity index (χ2n) is 4.45. The molecule has 1 saturated heterocycles. The maximum absolute atomic E-state index is 12.3. The lowest BCUT2D eigenvalue weighted by Gasteiger charge is -2.19. The molecule has 1 amide bonds. The number of anilines is 1. The SMILES string of the molecule is Nc1ccccc1CS(=O)(=O)N1CCNC(=O)CC1. The molecule has 104 valence electrons. The van der Waals surface area contributed by atoms with Crippen LogP contribution in [0.5, 0.6) is 0 Å². The summed E-state index contributed by atoms with van der Waals surface area (Å²) < 4.78 is 25.9. The van der Waals surface area contributed by atoms with E-state index >= 15 is 0 Å². The van der Waals surface area contributed by atoms with Crippen molar-refractivity contribution >= 4 is 21.6 Å². The number of sulfonamides is 1. The summed E-state index contributed by atoms with van der Waals surface area (Å²) in [5.74, 6) is -0.245. The molecule has 1 aromatic rings. The van der Waals surface area contributed by atoms with Crippen LogP contribution in [0.15, 0.2) is 24.3 Å². The van der Waals surface area contributed by atoms with Crippen molar-refractivity contribution < 1.29 is 13.2 Å². The van der Waals surface area contributed by atoms with Crippen molar-refractivity contribution in [2.45, 2.75) is 12.2 Å². The molecule has 1 aliphatic heterocycles. The Balaban J connectivity index is 2.14. The molecule has 1 fully saturated rings. The van der Waals surface area contributed by atoms with Crippen molar-refractivity contribution in [1.29, 1.82) is 0 Å². The summed E-state index contributed by atoms with van der Waals surface area (Å²) in [6.07, 6.45) is 0.198. The number of hydrogen-bond donors (Lipinski definition) is 2. The minimum absolute atomic E-state index is 0.114. The standard InChI is InChI=1S/C12H17N3O3S/c13-11-4-2-1-3-10(11)9-19(17,18)15-7-5-12(16)14-6-8-15/h1-4H,5-9,13H2,(H,14,16). The van der Waals surface area contributed by atoms with E-state index in [1.54, 1.807) is 24.3 Å². The van der Waals surface area contributed by atoms with E-state index < -0.39 is 10.0 Å². The molecule has 0 unspecified atom stereocenters. The zero-order valence-corrected chi connectivity index (χ0v) is 11.3. The Morgan fingerprint density at radius 2 is 2.00 bits per heavy atom. The first-order chi connectivity index (χ1) is 8.99. The Morgan fingerprint density at radius 1 is 1.26 bits per heavy atom. The highest BCUT2D eigenvalue weighted by Gasteiger charge is 2.25. The summed E-state index contributed by atoms with van der Waals surface area (Å²) in [4.78, 5) is 11.2. The molecule has 6 nitrogen and oxygen atoms in total. The molecular weight excluding hydrogens is 266 g/mol. The van der Waals surface area contributed by atoms with Crippen molar-refractivity contribution in [3.8, 4) is 0 Å². The molecule has 0 aromatic heterocycles. The smallest absolute Gasteiger partial charge is 0.221 e. The number of rotatable bonds is 3. The first-order valence-corrected chi connectivity index (χ1v) is 7.68. The van der Waals surface area contributed by atoms with Crippen molar-refractivity contribution in [1.82, 2.24) is 9.62 Å². The maximum atomic E-state index is 12.3. The van der Waals surface area contributed by atoms with Gasteiger partial charge in [-0.1, -0.05) is 18.2 Å². The van der Waals surface area contributed by atoms with Crippen LogP contribution in [-0.4, -0.2) is 38.3 Å². The zero-order chi connectivity index (χ0) is 13.9. The molecule has 0 saturated carbocycles. The van der Waals surface area contributed by atoms with Gasteiger partial charge >= 0.3 is 0 Å². The molecule has 0 atom stereocenters. The summed E-state index contributed by atoms with van der Waals surface area (Å²) in [5, 5.41) is 2.65. The molecular formula is C12H17N3O3S. The molecule has 0 bridgehead atoms. The van der Waals surface area contributed by atoms with Crippen molar-refractivity contribution in [3.05, 3.63) is 29.8 Å².